The zero-order valence-corrected chi connectivity index (χ0v) is 14.4. The van der Waals surface area contributed by atoms with Crippen LogP contribution in [0, 0.1) is 5.41 Å². The summed E-state index contributed by atoms with van der Waals surface area (Å²) in [6, 6.07) is 0. The molecule has 2 aliphatic heterocycles. The highest BCUT2D eigenvalue weighted by molar-refractivity contribution is 7.14. The molecular weight excluding hydrogens is 312 g/mol. The molecule has 0 radical (unpaired) electrons. The second-order valence-electron chi connectivity index (χ2n) is 6.78. The minimum atomic E-state index is 0.00866. The van der Waals surface area contributed by atoms with E-state index in [-0.39, 0.29) is 23.7 Å². The monoisotopic (exact) mass is 336 g/mol. The SMILES string of the molecule is CC1(CNC(=O)Cc2csc(N3CCCC3=O)n2)CCNCC1. The van der Waals surface area contributed by atoms with Crippen molar-refractivity contribution >= 4 is 28.3 Å². The van der Waals surface area contributed by atoms with Gasteiger partial charge in [-0.25, -0.2) is 4.98 Å². The molecule has 0 saturated carbocycles. The molecule has 3 rings (SSSR count). The number of hydrogen-bond acceptors (Lipinski definition) is 5. The Morgan fingerprint density at radius 3 is 2.96 bits per heavy atom. The van der Waals surface area contributed by atoms with Gasteiger partial charge in [0, 0.05) is 24.9 Å². The maximum atomic E-state index is 12.1. The third-order valence-electron chi connectivity index (χ3n) is 4.71. The van der Waals surface area contributed by atoms with Gasteiger partial charge in [0.05, 0.1) is 12.1 Å². The van der Waals surface area contributed by atoms with Crippen LogP contribution in [0.4, 0.5) is 5.13 Å². The first-order valence-electron chi connectivity index (χ1n) is 8.28. The summed E-state index contributed by atoms with van der Waals surface area (Å²) in [7, 11) is 0. The van der Waals surface area contributed by atoms with Gasteiger partial charge in [0.15, 0.2) is 5.13 Å². The van der Waals surface area contributed by atoms with E-state index < -0.39 is 0 Å². The second kappa shape index (κ2) is 6.97. The highest BCUT2D eigenvalue weighted by Gasteiger charge is 2.27. The standard InChI is InChI=1S/C16H24N4O2S/c1-16(4-6-17-7-5-16)11-18-13(21)9-12-10-23-15(19-12)20-8-2-3-14(20)22/h10,17H,2-9,11H2,1H3,(H,18,21). The summed E-state index contributed by atoms with van der Waals surface area (Å²) in [6.45, 7) is 5.73. The minimum absolute atomic E-state index is 0.00866. The van der Waals surface area contributed by atoms with Crippen molar-refractivity contribution < 1.29 is 9.59 Å². The lowest BCUT2D eigenvalue weighted by molar-refractivity contribution is -0.121. The summed E-state index contributed by atoms with van der Waals surface area (Å²) in [4.78, 5) is 30.0. The van der Waals surface area contributed by atoms with Gasteiger partial charge in [-0.2, -0.15) is 0 Å². The molecule has 2 N–H and O–H groups in total. The van der Waals surface area contributed by atoms with E-state index >= 15 is 0 Å². The molecule has 6 nitrogen and oxygen atoms in total. The molecule has 126 valence electrons. The van der Waals surface area contributed by atoms with Crippen LogP contribution in [-0.4, -0.2) is 43.0 Å². The number of carbonyl (C=O) groups is 2. The summed E-state index contributed by atoms with van der Waals surface area (Å²) in [5.41, 5.74) is 0.938. The van der Waals surface area contributed by atoms with Crippen LogP contribution in [0.2, 0.25) is 0 Å². The van der Waals surface area contributed by atoms with Gasteiger partial charge in [-0.05, 0) is 37.8 Å². The smallest absolute Gasteiger partial charge is 0.228 e. The van der Waals surface area contributed by atoms with Gasteiger partial charge in [0.2, 0.25) is 11.8 Å². The molecule has 0 unspecified atom stereocenters. The van der Waals surface area contributed by atoms with E-state index in [1.807, 2.05) is 5.38 Å². The molecule has 7 heteroatoms. The molecule has 0 atom stereocenters. The largest absolute Gasteiger partial charge is 0.355 e. The van der Waals surface area contributed by atoms with Crippen LogP contribution in [0.5, 0.6) is 0 Å². The fourth-order valence-electron chi connectivity index (χ4n) is 3.10. The predicted octanol–water partition coefficient (Wildman–Crippen LogP) is 1.32. The van der Waals surface area contributed by atoms with Crippen molar-refractivity contribution in [2.75, 3.05) is 31.1 Å². The van der Waals surface area contributed by atoms with Gasteiger partial charge in [-0.1, -0.05) is 6.92 Å². The summed E-state index contributed by atoms with van der Waals surface area (Å²) >= 11 is 1.44. The van der Waals surface area contributed by atoms with Crippen molar-refractivity contribution in [3.63, 3.8) is 0 Å². The first-order valence-corrected chi connectivity index (χ1v) is 9.16. The average molecular weight is 336 g/mol. The van der Waals surface area contributed by atoms with Gasteiger partial charge < -0.3 is 10.6 Å². The van der Waals surface area contributed by atoms with E-state index in [2.05, 4.69) is 22.5 Å². The molecule has 3 heterocycles. The maximum Gasteiger partial charge on any atom is 0.228 e. The van der Waals surface area contributed by atoms with Crippen LogP contribution in [0.1, 0.15) is 38.3 Å². The van der Waals surface area contributed by atoms with Gasteiger partial charge in [0.1, 0.15) is 0 Å². The first-order chi connectivity index (χ1) is 11.1. The first kappa shape index (κ1) is 16.4. The summed E-state index contributed by atoms with van der Waals surface area (Å²) in [5, 5.41) is 9.00. The molecule has 0 aromatic carbocycles. The fraction of sp³-hybridized carbons (Fsp3) is 0.688. The van der Waals surface area contributed by atoms with Crippen LogP contribution in [-0.2, 0) is 16.0 Å². The van der Waals surface area contributed by atoms with E-state index in [1.165, 1.54) is 11.3 Å². The molecule has 2 saturated heterocycles. The van der Waals surface area contributed by atoms with E-state index in [0.29, 0.717) is 6.42 Å². The number of thiazole rings is 1. The third kappa shape index (κ3) is 4.09. The second-order valence-corrected chi connectivity index (χ2v) is 7.62. The molecular formula is C16H24N4O2S. The van der Waals surface area contributed by atoms with Crippen LogP contribution in [0.15, 0.2) is 5.38 Å². The summed E-state index contributed by atoms with van der Waals surface area (Å²) in [6.07, 6.45) is 3.95. The normalized spacial score (nSPS) is 20.7. The molecule has 2 aliphatic rings. The number of amides is 2. The number of piperidine rings is 1. The topological polar surface area (TPSA) is 74.3 Å². The van der Waals surface area contributed by atoms with Crippen molar-refractivity contribution in [3.8, 4) is 0 Å². The van der Waals surface area contributed by atoms with Gasteiger partial charge in [-0.15, -0.1) is 11.3 Å². The average Bonchev–Trinajstić information content (AvgIpc) is 3.15. The number of nitrogens with zero attached hydrogens (tertiary/aromatic N) is 2. The highest BCUT2D eigenvalue weighted by atomic mass is 32.1. The lowest BCUT2D eigenvalue weighted by Gasteiger charge is -2.34. The van der Waals surface area contributed by atoms with Crippen LogP contribution in [0.3, 0.4) is 0 Å². The molecule has 23 heavy (non-hydrogen) atoms. The Labute approximate surface area is 140 Å². The van der Waals surface area contributed by atoms with Crippen molar-refractivity contribution in [3.05, 3.63) is 11.1 Å². The Bertz CT molecular complexity index is 580. The van der Waals surface area contributed by atoms with Gasteiger partial charge in [-0.3, -0.25) is 14.5 Å². The summed E-state index contributed by atoms with van der Waals surface area (Å²) < 4.78 is 0. The Balaban J connectivity index is 1.50. The zero-order chi connectivity index (χ0) is 16.3. The van der Waals surface area contributed by atoms with Gasteiger partial charge in [0.25, 0.3) is 0 Å². The number of anilines is 1. The molecule has 0 bridgehead atoms. The Morgan fingerprint density at radius 2 is 2.26 bits per heavy atom. The molecule has 1 aromatic rings. The van der Waals surface area contributed by atoms with E-state index in [1.54, 1.807) is 4.90 Å². The van der Waals surface area contributed by atoms with Crippen molar-refractivity contribution in [2.45, 2.75) is 39.0 Å². The molecule has 0 spiro atoms. The Hall–Kier alpha value is -1.47. The van der Waals surface area contributed by atoms with Crippen molar-refractivity contribution in [1.82, 2.24) is 15.6 Å². The van der Waals surface area contributed by atoms with Crippen molar-refractivity contribution in [2.24, 2.45) is 5.41 Å². The molecule has 2 amide bonds. The predicted molar refractivity (Wildman–Crippen MR) is 90.6 cm³/mol. The molecule has 2 fully saturated rings. The summed E-state index contributed by atoms with van der Waals surface area (Å²) in [5.74, 6) is 0.142. The third-order valence-corrected chi connectivity index (χ3v) is 5.62. The maximum absolute atomic E-state index is 12.1. The van der Waals surface area contributed by atoms with E-state index in [0.717, 1.165) is 56.3 Å². The van der Waals surface area contributed by atoms with Crippen LogP contribution >= 0.6 is 11.3 Å². The van der Waals surface area contributed by atoms with E-state index in [9.17, 15) is 9.59 Å². The Kier molecular flexibility index (Phi) is 4.96. The number of hydrogen-bond donors (Lipinski definition) is 2. The number of carbonyl (C=O) groups excluding carboxylic acids is 2. The Morgan fingerprint density at radius 1 is 1.48 bits per heavy atom. The number of nitrogens with one attached hydrogen (secondary N) is 2. The molecule has 0 aliphatic carbocycles. The van der Waals surface area contributed by atoms with E-state index in [4.69, 9.17) is 0 Å². The number of aromatic nitrogens is 1. The lowest BCUT2D eigenvalue weighted by atomic mass is 9.81. The van der Waals surface area contributed by atoms with Crippen molar-refractivity contribution in [1.29, 1.82) is 0 Å². The highest BCUT2D eigenvalue weighted by Crippen LogP contribution is 2.27. The quantitative estimate of drug-likeness (QED) is 0.850. The van der Waals surface area contributed by atoms with Crippen LogP contribution < -0.4 is 15.5 Å². The number of rotatable bonds is 5. The zero-order valence-electron chi connectivity index (χ0n) is 13.6. The lowest BCUT2D eigenvalue weighted by Crippen LogP contribution is -2.43. The van der Waals surface area contributed by atoms with Crippen LogP contribution in [0.25, 0.3) is 0 Å². The van der Waals surface area contributed by atoms with Gasteiger partial charge >= 0.3 is 0 Å². The molecule has 1 aromatic heterocycles. The minimum Gasteiger partial charge on any atom is -0.355 e. The fourth-order valence-corrected chi connectivity index (χ4v) is 3.97.